The largest absolute Gasteiger partial charge is 0.472 e. The highest BCUT2D eigenvalue weighted by Crippen LogP contribution is 2.43. The Morgan fingerprint density at radius 2 is 1.04 bits per heavy atom. The standard InChI is InChI=1S/C43H76NO8P/c1-3-5-7-9-11-13-15-17-19-20-22-23-25-27-29-31-33-35-42(45)49-39-41(40-51-53(47,48)50-38-37-44)52-43(46)36-34-32-30-28-26-24-21-18-16-14-12-10-8-6-4-2/h5,7,11,13,17-19,21-23,41H,3-4,6,8-10,12,14-16,20,24-40,44H2,1-2H3,(H,47,48)/b7-5-,13-11-,19-17-,21-18-,23-22-/t41-/m1/s1. The number of phosphoric acid groups is 1. The number of ether oxygens (including phenoxy) is 2. The van der Waals surface area contributed by atoms with E-state index in [-0.39, 0.29) is 32.6 Å². The lowest BCUT2D eigenvalue weighted by Gasteiger charge is -2.19. The Bertz CT molecular complexity index is 1050. The fourth-order valence-corrected chi connectivity index (χ4v) is 6.09. The first-order chi connectivity index (χ1) is 25.8. The molecule has 0 fully saturated rings. The summed E-state index contributed by atoms with van der Waals surface area (Å²) in [5.74, 6) is -0.870. The maximum atomic E-state index is 12.6. The first-order valence-corrected chi connectivity index (χ1v) is 22.3. The molecule has 10 heteroatoms. The molecule has 0 rings (SSSR count). The van der Waals surface area contributed by atoms with E-state index in [1.165, 1.54) is 44.9 Å². The summed E-state index contributed by atoms with van der Waals surface area (Å²) in [6, 6.07) is 0. The van der Waals surface area contributed by atoms with Gasteiger partial charge in [0, 0.05) is 19.4 Å². The van der Waals surface area contributed by atoms with E-state index < -0.39 is 32.5 Å². The Balaban J connectivity index is 4.25. The number of unbranched alkanes of at least 4 members (excludes halogenated alkanes) is 15. The molecule has 0 bridgehead atoms. The molecule has 0 aliphatic carbocycles. The average molecular weight is 766 g/mol. The van der Waals surface area contributed by atoms with Crippen molar-refractivity contribution in [3.05, 3.63) is 60.8 Å². The molecule has 0 radical (unpaired) electrons. The fraction of sp³-hybridized carbons (Fsp3) is 0.721. The van der Waals surface area contributed by atoms with Crippen molar-refractivity contribution in [3.8, 4) is 0 Å². The van der Waals surface area contributed by atoms with Crippen molar-refractivity contribution in [2.24, 2.45) is 5.73 Å². The van der Waals surface area contributed by atoms with Gasteiger partial charge in [-0.15, -0.1) is 0 Å². The van der Waals surface area contributed by atoms with Crippen LogP contribution in [0.3, 0.4) is 0 Å². The topological polar surface area (TPSA) is 134 Å². The van der Waals surface area contributed by atoms with Gasteiger partial charge in [-0.1, -0.05) is 139 Å². The third kappa shape index (κ3) is 39.2. The molecule has 9 nitrogen and oxygen atoms in total. The second kappa shape index (κ2) is 39.4. The second-order valence-electron chi connectivity index (χ2n) is 13.5. The van der Waals surface area contributed by atoms with Crippen molar-refractivity contribution in [2.45, 2.75) is 174 Å². The van der Waals surface area contributed by atoms with Gasteiger partial charge in [0.2, 0.25) is 0 Å². The number of esters is 2. The van der Waals surface area contributed by atoms with Crippen LogP contribution in [0.25, 0.3) is 0 Å². The lowest BCUT2D eigenvalue weighted by Crippen LogP contribution is -2.29. The van der Waals surface area contributed by atoms with Crippen LogP contribution in [0.1, 0.15) is 168 Å². The minimum atomic E-state index is -4.38. The number of carbonyl (C=O) groups is 2. The molecule has 3 N–H and O–H groups in total. The van der Waals surface area contributed by atoms with Crippen LogP contribution in [-0.2, 0) is 32.7 Å². The first-order valence-electron chi connectivity index (χ1n) is 20.8. The van der Waals surface area contributed by atoms with E-state index in [2.05, 4.69) is 74.6 Å². The van der Waals surface area contributed by atoms with Crippen LogP contribution < -0.4 is 5.73 Å². The van der Waals surface area contributed by atoms with Crippen LogP contribution in [0, 0.1) is 0 Å². The molecule has 53 heavy (non-hydrogen) atoms. The van der Waals surface area contributed by atoms with E-state index in [1.807, 2.05) is 0 Å². The van der Waals surface area contributed by atoms with Gasteiger partial charge in [-0.25, -0.2) is 4.57 Å². The molecule has 0 aromatic carbocycles. The third-order valence-corrected chi connectivity index (χ3v) is 9.37. The van der Waals surface area contributed by atoms with Gasteiger partial charge in [-0.3, -0.25) is 18.6 Å². The molecule has 2 atom stereocenters. The van der Waals surface area contributed by atoms with Gasteiger partial charge in [0.15, 0.2) is 6.10 Å². The molecule has 1 unspecified atom stereocenters. The fourth-order valence-electron chi connectivity index (χ4n) is 5.32. The van der Waals surface area contributed by atoms with Crippen molar-refractivity contribution in [1.82, 2.24) is 0 Å². The second-order valence-corrected chi connectivity index (χ2v) is 14.9. The van der Waals surface area contributed by atoms with Crippen molar-refractivity contribution in [2.75, 3.05) is 26.4 Å². The summed E-state index contributed by atoms with van der Waals surface area (Å²) in [6.45, 7) is 3.56. The Morgan fingerprint density at radius 1 is 0.585 bits per heavy atom. The summed E-state index contributed by atoms with van der Waals surface area (Å²) in [7, 11) is -4.38. The zero-order chi connectivity index (χ0) is 38.9. The number of phosphoric ester groups is 1. The predicted octanol–water partition coefficient (Wildman–Crippen LogP) is 11.7. The molecule has 306 valence electrons. The minimum absolute atomic E-state index is 0.0460. The normalized spacial score (nSPS) is 14.0. The van der Waals surface area contributed by atoms with Crippen LogP contribution >= 0.6 is 7.82 Å². The minimum Gasteiger partial charge on any atom is -0.462 e. The highest BCUT2D eigenvalue weighted by molar-refractivity contribution is 7.47. The van der Waals surface area contributed by atoms with Crippen molar-refractivity contribution in [3.63, 3.8) is 0 Å². The SMILES string of the molecule is CC/C=C\C/C=C\C/C=C\C/C=C\CCCCCCC(=O)OC[C@H](COP(=O)(O)OCCN)OC(=O)CCCCCCC/C=C\CCCCCCCC. The number of carbonyl (C=O) groups excluding carboxylic acids is 2. The highest BCUT2D eigenvalue weighted by atomic mass is 31.2. The quantitative estimate of drug-likeness (QED) is 0.0272. The van der Waals surface area contributed by atoms with Gasteiger partial charge < -0.3 is 20.1 Å². The average Bonchev–Trinajstić information content (AvgIpc) is 3.14. The molecule has 0 amide bonds. The van der Waals surface area contributed by atoms with Gasteiger partial charge >= 0.3 is 19.8 Å². The van der Waals surface area contributed by atoms with E-state index in [0.29, 0.717) is 12.8 Å². The van der Waals surface area contributed by atoms with Crippen LogP contribution in [0.2, 0.25) is 0 Å². The van der Waals surface area contributed by atoms with Crippen molar-refractivity contribution < 1.29 is 37.6 Å². The predicted molar refractivity (Wildman–Crippen MR) is 219 cm³/mol. The van der Waals surface area contributed by atoms with Gasteiger partial charge in [-0.05, 0) is 77.0 Å². The Hall–Kier alpha value is -2.29. The van der Waals surface area contributed by atoms with E-state index in [9.17, 15) is 19.0 Å². The van der Waals surface area contributed by atoms with E-state index >= 15 is 0 Å². The lowest BCUT2D eigenvalue weighted by atomic mass is 10.1. The maximum absolute atomic E-state index is 12.6. The van der Waals surface area contributed by atoms with E-state index in [4.69, 9.17) is 24.3 Å². The van der Waals surface area contributed by atoms with Crippen LogP contribution in [-0.4, -0.2) is 49.3 Å². The summed E-state index contributed by atoms with van der Waals surface area (Å²) in [5.41, 5.74) is 5.34. The number of nitrogens with two attached hydrogens (primary N) is 1. The Morgan fingerprint density at radius 3 is 1.57 bits per heavy atom. The molecular formula is C43H76NO8P. The van der Waals surface area contributed by atoms with Crippen molar-refractivity contribution >= 4 is 19.8 Å². The monoisotopic (exact) mass is 766 g/mol. The number of allylic oxidation sites excluding steroid dienone is 10. The van der Waals surface area contributed by atoms with Crippen LogP contribution in [0.5, 0.6) is 0 Å². The number of rotatable bonds is 38. The molecule has 0 aliphatic heterocycles. The summed E-state index contributed by atoms with van der Waals surface area (Å²) >= 11 is 0. The summed E-state index contributed by atoms with van der Waals surface area (Å²) in [5, 5.41) is 0. The lowest BCUT2D eigenvalue weighted by molar-refractivity contribution is -0.161. The van der Waals surface area contributed by atoms with Gasteiger partial charge in [0.25, 0.3) is 0 Å². The molecule has 0 aromatic rings. The molecule has 0 aliphatic rings. The van der Waals surface area contributed by atoms with Gasteiger partial charge in [0.05, 0.1) is 13.2 Å². The summed E-state index contributed by atoms with van der Waals surface area (Å²) in [4.78, 5) is 34.8. The molecule has 0 aromatic heterocycles. The third-order valence-electron chi connectivity index (χ3n) is 8.39. The first kappa shape index (κ1) is 50.7. The zero-order valence-electron chi connectivity index (χ0n) is 33.5. The molecule has 0 heterocycles. The van der Waals surface area contributed by atoms with Gasteiger partial charge in [-0.2, -0.15) is 0 Å². The summed E-state index contributed by atoms with van der Waals surface area (Å²) in [6.07, 6.45) is 45.3. The zero-order valence-corrected chi connectivity index (χ0v) is 34.4. The van der Waals surface area contributed by atoms with E-state index in [1.54, 1.807) is 0 Å². The van der Waals surface area contributed by atoms with Crippen molar-refractivity contribution in [1.29, 1.82) is 0 Å². The number of hydrogen-bond acceptors (Lipinski definition) is 8. The molecular weight excluding hydrogens is 689 g/mol. The number of hydrogen-bond donors (Lipinski definition) is 2. The maximum Gasteiger partial charge on any atom is 0.472 e. The van der Waals surface area contributed by atoms with E-state index in [0.717, 1.165) is 83.5 Å². The molecule has 0 spiro atoms. The smallest absolute Gasteiger partial charge is 0.462 e. The Kier molecular flexibility index (Phi) is 37.7. The summed E-state index contributed by atoms with van der Waals surface area (Å²) < 4.78 is 32.7. The molecule has 0 saturated carbocycles. The molecule has 0 saturated heterocycles. The highest BCUT2D eigenvalue weighted by Gasteiger charge is 2.25. The Labute approximate surface area is 323 Å². The van der Waals surface area contributed by atoms with Crippen LogP contribution in [0.15, 0.2) is 60.8 Å². The van der Waals surface area contributed by atoms with Gasteiger partial charge in [0.1, 0.15) is 6.61 Å². The van der Waals surface area contributed by atoms with Crippen LogP contribution in [0.4, 0.5) is 0 Å².